The molecule has 0 amide bonds. The predicted molar refractivity (Wildman–Crippen MR) is 42.3 cm³/mol. The lowest BCUT2D eigenvalue weighted by Gasteiger charge is -2.06. The van der Waals surface area contributed by atoms with Crippen molar-refractivity contribution >= 4 is 0 Å². The lowest BCUT2D eigenvalue weighted by Crippen LogP contribution is -2.10. The number of alkyl halides is 3. The summed E-state index contributed by atoms with van der Waals surface area (Å²) in [7, 11) is 0. The summed E-state index contributed by atoms with van der Waals surface area (Å²) in [6.45, 7) is 2.15. The molecule has 0 unspecified atom stereocenters. The molecule has 0 aliphatic carbocycles. The van der Waals surface area contributed by atoms with Crippen LogP contribution in [0.5, 0.6) is 0 Å². The van der Waals surface area contributed by atoms with E-state index in [1.165, 1.54) is 0 Å². The first-order valence-electron chi connectivity index (χ1n) is 4.04. The van der Waals surface area contributed by atoms with E-state index < -0.39 is 12.6 Å². The second-order valence-corrected chi connectivity index (χ2v) is 2.91. The first kappa shape index (κ1) is 10.1. The zero-order chi connectivity index (χ0) is 9.90. The Kier molecular flexibility index (Phi) is 2.95. The molecule has 1 rings (SSSR count). The fourth-order valence-electron chi connectivity index (χ4n) is 1.06. The van der Waals surface area contributed by atoms with Crippen LogP contribution in [0.25, 0.3) is 0 Å². The summed E-state index contributed by atoms with van der Waals surface area (Å²) in [5.74, 6) is 0. The molecule has 5 heteroatoms. The predicted octanol–water partition coefficient (Wildman–Crippen LogP) is 2.53. The van der Waals surface area contributed by atoms with Gasteiger partial charge in [-0.15, -0.1) is 0 Å². The SMILES string of the molecule is Cc1ccnn1CCCC(F)(F)F. The molecule has 0 aliphatic rings. The molecule has 1 aromatic heterocycles. The minimum absolute atomic E-state index is 0.0893. The van der Waals surface area contributed by atoms with E-state index in [9.17, 15) is 13.2 Å². The van der Waals surface area contributed by atoms with Gasteiger partial charge < -0.3 is 0 Å². The molecule has 2 nitrogen and oxygen atoms in total. The van der Waals surface area contributed by atoms with Crippen LogP contribution in [0.15, 0.2) is 12.3 Å². The van der Waals surface area contributed by atoms with Crippen LogP contribution in [0.3, 0.4) is 0 Å². The van der Waals surface area contributed by atoms with Crippen molar-refractivity contribution in [2.24, 2.45) is 0 Å². The van der Waals surface area contributed by atoms with E-state index in [-0.39, 0.29) is 6.42 Å². The van der Waals surface area contributed by atoms with Gasteiger partial charge in [-0.2, -0.15) is 18.3 Å². The van der Waals surface area contributed by atoms with Gasteiger partial charge in [0.15, 0.2) is 0 Å². The van der Waals surface area contributed by atoms with E-state index in [4.69, 9.17) is 0 Å². The molecule has 0 saturated carbocycles. The molecule has 1 aromatic rings. The van der Waals surface area contributed by atoms with Gasteiger partial charge in [-0.25, -0.2) is 0 Å². The molecule has 0 N–H and O–H groups in total. The summed E-state index contributed by atoms with van der Waals surface area (Å²) in [4.78, 5) is 0. The molecule has 0 radical (unpaired) electrons. The van der Waals surface area contributed by atoms with Crippen molar-refractivity contribution < 1.29 is 13.2 Å². The standard InChI is InChI=1S/C8H11F3N2/c1-7-3-5-12-13(7)6-2-4-8(9,10)11/h3,5H,2,4,6H2,1H3. The highest BCUT2D eigenvalue weighted by atomic mass is 19.4. The minimum atomic E-state index is -4.05. The number of hydrogen-bond donors (Lipinski definition) is 0. The highest BCUT2D eigenvalue weighted by molar-refractivity contribution is 4.96. The third-order valence-corrected chi connectivity index (χ3v) is 1.76. The summed E-state index contributed by atoms with van der Waals surface area (Å²) in [5.41, 5.74) is 0.891. The molecule has 0 fully saturated rings. The minimum Gasteiger partial charge on any atom is -0.270 e. The molecule has 1 heterocycles. The van der Waals surface area contributed by atoms with Gasteiger partial charge in [-0.1, -0.05) is 0 Å². The lowest BCUT2D eigenvalue weighted by molar-refractivity contribution is -0.136. The van der Waals surface area contributed by atoms with Crippen LogP contribution in [0.1, 0.15) is 18.5 Å². The summed E-state index contributed by atoms with van der Waals surface area (Å²) in [6, 6.07) is 1.77. The van der Waals surface area contributed by atoms with Crippen LogP contribution >= 0.6 is 0 Å². The Bertz CT molecular complexity index is 265. The van der Waals surface area contributed by atoms with Gasteiger partial charge in [0.2, 0.25) is 0 Å². The molecule has 0 aliphatic heterocycles. The molecule has 13 heavy (non-hydrogen) atoms. The van der Waals surface area contributed by atoms with E-state index in [2.05, 4.69) is 5.10 Å². The van der Waals surface area contributed by atoms with Crippen LogP contribution in [0.2, 0.25) is 0 Å². The van der Waals surface area contributed by atoms with Crippen LogP contribution in [-0.2, 0) is 6.54 Å². The topological polar surface area (TPSA) is 17.8 Å². The van der Waals surface area contributed by atoms with E-state index in [1.807, 2.05) is 6.92 Å². The maximum absolute atomic E-state index is 11.8. The normalized spacial score (nSPS) is 12.0. The number of aryl methyl sites for hydroxylation is 2. The first-order valence-corrected chi connectivity index (χ1v) is 4.04. The monoisotopic (exact) mass is 192 g/mol. The number of hydrogen-bond acceptors (Lipinski definition) is 1. The Morgan fingerprint density at radius 2 is 2.15 bits per heavy atom. The van der Waals surface area contributed by atoms with Crippen molar-refractivity contribution in [2.75, 3.05) is 0 Å². The quantitative estimate of drug-likeness (QED) is 0.719. The Balaban J connectivity index is 2.32. The number of nitrogens with zero attached hydrogens (tertiary/aromatic N) is 2. The second kappa shape index (κ2) is 3.81. The number of halogens is 3. The zero-order valence-corrected chi connectivity index (χ0v) is 7.30. The van der Waals surface area contributed by atoms with Crippen LogP contribution in [-0.4, -0.2) is 16.0 Å². The third-order valence-electron chi connectivity index (χ3n) is 1.76. The molecule has 74 valence electrons. The summed E-state index contributed by atoms with van der Waals surface area (Å²) in [5, 5.41) is 3.88. The molecule has 0 spiro atoms. The highest BCUT2D eigenvalue weighted by Gasteiger charge is 2.26. The Morgan fingerprint density at radius 3 is 2.62 bits per heavy atom. The van der Waals surface area contributed by atoms with E-state index in [0.717, 1.165) is 5.69 Å². The molecule has 0 atom stereocenters. The van der Waals surface area contributed by atoms with Crippen molar-refractivity contribution in [3.8, 4) is 0 Å². The summed E-state index contributed by atoms with van der Waals surface area (Å²) >= 11 is 0. The van der Waals surface area contributed by atoms with E-state index in [0.29, 0.717) is 6.54 Å². The van der Waals surface area contributed by atoms with Gasteiger partial charge in [-0.3, -0.25) is 4.68 Å². The maximum atomic E-state index is 11.8. The van der Waals surface area contributed by atoms with Gasteiger partial charge in [0.1, 0.15) is 0 Å². The van der Waals surface area contributed by atoms with Crippen molar-refractivity contribution in [3.05, 3.63) is 18.0 Å². The van der Waals surface area contributed by atoms with E-state index >= 15 is 0 Å². The fraction of sp³-hybridized carbons (Fsp3) is 0.625. The van der Waals surface area contributed by atoms with Gasteiger partial charge >= 0.3 is 6.18 Å². The molecule has 0 bridgehead atoms. The first-order chi connectivity index (χ1) is 5.99. The molecule has 0 aromatic carbocycles. The maximum Gasteiger partial charge on any atom is 0.389 e. The van der Waals surface area contributed by atoms with Gasteiger partial charge in [0, 0.05) is 24.9 Å². The lowest BCUT2D eigenvalue weighted by atomic mass is 10.3. The number of rotatable bonds is 3. The summed E-state index contributed by atoms with van der Waals surface area (Å²) < 4.78 is 36.8. The Morgan fingerprint density at radius 1 is 1.46 bits per heavy atom. The van der Waals surface area contributed by atoms with Crippen molar-refractivity contribution in [1.29, 1.82) is 0 Å². The average molecular weight is 192 g/mol. The van der Waals surface area contributed by atoms with Gasteiger partial charge in [0.05, 0.1) is 0 Å². The van der Waals surface area contributed by atoms with Gasteiger partial charge in [-0.05, 0) is 19.4 Å². The fourth-order valence-corrected chi connectivity index (χ4v) is 1.06. The highest BCUT2D eigenvalue weighted by Crippen LogP contribution is 2.21. The second-order valence-electron chi connectivity index (χ2n) is 2.91. The largest absolute Gasteiger partial charge is 0.389 e. The smallest absolute Gasteiger partial charge is 0.270 e. The van der Waals surface area contributed by atoms with Crippen LogP contribution in [0, 0.1) is 6.92 Å². The molecular weight excluding hydrogens is 181 g/mol. The molecular formula is C8H11F3N2. The molecule has 0 saturated heterocycles. The Labute approximate surface area is 74.4 Å². The average Bonchev–Trinajstić information content (AvgIpc) is 2.34. The Hall–Kier alpha value is -1.00. The van der Waals surface area contributed by atoms with Crippen molar-refractivity contribution in [1.82, 2.24) is 9.78 Å². The van der Waals surface area contributed by atoms with Gasteiger partial charge in [0.25, 0.3) is 0 Å². The van der Waals surface area contributed by atoms with Crippen molar-refractivity contribution in [2.45, 2.75) is 32.5 Å². The number of aromatic nitrogens is 2. The van der Waals surface area contributed by atoms with Crippen LogP contribution < -0.4 is 0 Å². The third kappa shape index (κ3) is 3.48. The zero-order valence-electron chi connectivity index (χ0n) is 7.30. The summed E-state index contributed by atoms with van der Waals surface area (Å²) in [6.07, 6.45) is -3.12. The van der Waals surface area contributed by atoms with Crippen molar-refractivity contribution in [3.63, 3.8) is 0 Å². The van der Waals surface area contributed by atoms with Crippen LogP contribution in [0.4, 0.5) is 13.2 Å². The van der Waals surface area contributed by atoms with E-state index in [1.54, 1.807) is 16.9 Å².